The third-order valence-corrected chi connectivity index (χ3v) is 4.90. The van der Waals surface area contributed by atoms with Crippen molar-refractivity contribution < 1.29 is 0 Å². The SMILES string of the molecule is C=CN(C)[C@H](/N=C\C)N/C(C)=N/C(CC)[C@@H](N)CC1CCCCC1. The number of nitrogens with zero attached hydrogens (tertiary/aromatic N) is 3. The Balaban J connectivity index is 2.64. The first-order chi connectivity index (χ1) is 11.5. The summed E-state index contributed by atoms with van der Waals surface area (Å²) in [5.41, 5.74) is 6.49. The highest BCUT2D eigenvalue weighted by molar-refractivity contribution is 5.80. The standard InChI is InChI=1S/C19H37N5/c1-6-18(17(20)14-16-12-10-9-11-13-16)22-15(4)23-19(21-7-2)24(5)8-3/h7-8,16-19H,3,6,9-14,20H2,1-2,4-5H3,(H,22,23)/b21-7-/t17-,18?,19+/m0/s1. The highest BCUT2D eigenvalue weighted by Gasteiger charge is 2.22. The first-order valence-corrected chi connectivity index (χ1v) is 9.40. The fraction of sp³-hybridized carbons (Fsp3) is 0.789. The molecule has 5 heteroatoms. The van der Waals surface area contributed by atoms with Gasteiger partial charge in [0, 0.05) is 19.3 Å². The van der Waals surface area contributed by atoms with E-state index in [1.165, 1.54) is 32.1 Å². The van der Waals surface area contributed by atoms with Gasteiger partial charge < -0.3 is 16.0 Å². The van der Waals surface area contributed by atoms with Gasteiger partial charge in [0.05, 0.1) is 11.9 Å². The van der Waals surface area contributed by atoms with Gasteiger partial charge in [0.2, 0.25) is 0 Å². The maximum absolute atomic E-state index is 6.49. The molecule has 0 aromatic carbocycles. The molecule has 1 aliphatic carbocycles. The third kappa shape index (κ3) is 7.04. The van der Waals surface area contributed by atoms with Gasteiger partial charge in [0.1, 0.15) is 0 Å². The summed E-state index contributed by atoms with van der Waals surface area (Å²) >= 11 is 0. The van der Waals surface area contributed by atoms with Crippen LogP contribution in [-0.2, 0) is 0 Å². The molecular formula is C19H37N5. The quantitative estimate of drug-likeness (QED) is 0.385. The molecule has 1 fully saturated rings. The molecule has 0 aromatic heterocycles. The van der Waals surface area contributed by atoms with Gasteiger partial charge in [-0.15, -0.1) is 0 Å². The maximum Gasteiger partial charge on any atom is 0.196 e. The summed E-state index contributed by atoms with van der Waals surface area (Å²) < 4.78 is 0. The van der Waals surface area contributed by atoms with E-state index >= 15 is 0 Å². The smallest absolute Gasteiger partial charge is 0.196 e. The average molecular weight is 336 g/mol. The number of hydrogen-bond donors (Lipinski definition) is 2. The van der Waals surface area contributed by atoms with Crippen molar-refractivity contribution in [1.29, 1.82) is 0 Å². The zero-order chi connectivity index (χ0) is 17.9. The van der Waals surface area contributed by atoms with Crippen molar-refractivity contribution in [3.05, 3.63) is 12.8 Å². The minimum atomic E-state index is -0.177. The zero-order valence-corrected chi connectivity index (χ0v) is 16.0. The number of rotatable bonds is 9. The van der Waals surface area contributed by atoms with Crippen molar-refractivity contribution in [3.8, 4) is 0 Å². The molecule has 24 heavy (non-hydrogen) atoms. The lowest BCUT2D eigenvalue weighted by Crippen LogP contribution is -2.43. The molecule has 1 unspecified atom stereocenters. The van der Waals surface area contributed by atoms with Crippen molar-refractivity contribution in [2.75, 3.05) is 7.05 Å². The van der Waals surface area contributed by atoms with E-state index in [1.807, 2.05) is 25.8 Å². The molecule has 3 N–H and O–H groups in total. The van der Waals surface area contributed by atoms with E-state index in [0.717, 1.165) is 24.6 Å². The summed E-state index contributed by atoms with van der Waals surface area (Å²) in [6.07, 6.45) is 12.2. The molecule has 3 atom stereocenters. The van der Waals surface area contributed by atoms with Gasteiger partial charge in [-0.2, -0.15) is 0 Å². The molecule has 138 valence electrons. The monoisotopic (exact) mass is 335 g/mol. The first kappa shape index (κ1) is 20.7. The van der Waals surface area contributed by atoms with E-state index in [0.29, 0.717) is 0 Å². The van der Waals surface area contributed by atoms with Gasteiger partial charge in [-0.3, -0.25) is 9.98 Å². The molecule has 0 saturated heterocycles. The first-order valence-electron chi connectivity index (χ1n) is 9.40. The van der Waals surface area contributed by atoms with Crippen molar-refractivity contribution in [1.82, 2.24) is 10.2 Å². The molecule has 1 aliphatic rings. The van der Waals surface area contributed by atoms with Gasteiger partial charge in [0.15, 0.2) is 6.29 Å². The molecule has 0 spiro atoms. The van der Waals surface area contributed by atoms with E-state index in [-0.39, 0.29) is 18.4 Å². The van der Waals surface area contributed by atoms with Crippen LogP contribution in [0.1, 0.15) is 65.7 Å². The van der Waals surface area contributed by atoms with Crippen molar-refractivity contribution in [3.63, 3.8) is 0 Å². The van der Waals surface area contributed by atoms with E-state index in [9.17, 15) is 0 Å². The molecule has 0 radical (unpaired) electrons. The zero-order valence-electron chi connectivity index (χ0n) is 16.0. The van der Waals surface area contributed by atoms with Crippen LogP contribution in [0.5, 0.6) is 0 Å². The van der Waals surface area contributed by atoms with E-state index in [2.05, 4.69) is 23.8 Å². The summed E-state index contributed by atoms with van der Waals surface area (Å²) in [6, 6.07) is 0.305. The number of hydrogen-bond acceptors (Lipinski definition) is 4. The fourth-order valence-electron chi connectivity index (χ4n) is 3.41. The average Bonchev–Trinajstić information content (AvgIpc) is 2.59. The molecule has 5 nitrogen and oxygen atoms in total. The summed E-state index contributed by atoms with van der Waals surface area (Å²) in [6.45, 7) is 9.86. The minimum absolute atomic E-state index is 0.139. The van der Waals surface area contributed by atoms with Crippen molar-refractivity contribution in [2.24, 2.45) is 21.6 Å². The lowest BCUT2D eigenvalue weighted by atomic mass is 9.83. The van der Waals surface area contributed by atoms with Gasteiger partial charge in [0.25, 0.3) is 0 Å². The Labute approximate surface area is 148 Å². The lowest BCUT2D eigenvalue weighted by molar-refractivity contribution is 0.299. The van der Waals surface area contributed by atoms with Crippen LogP contribution in [0, 0.1) is 5.92 Å². The Morgan fingerprint density at radius 2 is 2.04 bits per heavy atom. The lowest BCUT2D eigenvalue weighted by Gasteiger charge is -2.28. The Kier molecular flexibility index (Phi) is 9.69. The van der Waals surface area contributed by atoms with Crippen LogP contribution in [0.3, 0.4) is 0 Å². The topological polar surface area (TPSA) is 66.0 Å². The predicted octanol–water partition coefficient (Wildman–Crippen LogP) is 3.52. The number of nitrogens with one attached hydrogen (secondary N) is 1. The van der Waals surface area contributed by atoms with Crippen LogP contribution < -0.4 is 11.1 Å². The predicted molar refractivity (Wildman–Crippen MR) is 105 cm³/mol. The van der Waals surface area contributed by atoms with Crippen LogP contribution in [0.4, 0.5) is 0 Å². The summed E-state index contributed by atoms with van der Waals surface area (Å²) in [5.74, 6) is 1.67. The van der Waals surface area contributed by atoms with Gasteiger partial charge in [-0.1, -0.05) is 45.6 Å². The summed E-state index contributed by atoms with van der Waals surface area (Å²) in [5, 5.41) is 3.34. The normalized spacial score (nSPS) is 20.6. The largest absolute Gasteiger partial charge is 0.343 e. The second-order valence-electron chi connectivity index (χ2n) is 6.87. The molecule has 0 aliphatic heterocycles. The molecule has 1 saturated carbocycles. The van der Waals surface area contributed by atoms with Crippen LogP contribution >= 0.6 is 0 Å². The molecule has 0 bridgehead atoms. The Bertz CT molecular complexity index is 412. The van der Waals surface area contributed by atoms with Gasteiger partial charge in [-0.05, 0) is 38.8 Å². The van der Waals surface area contributed by atoms with Crippen molar-refractivity contribution >= 4 is 12.1 Å². The van der Waals surface area contributed by atoms with Gasteiger partial charge >= 0.3 is 0 Å². The number of amidine groups is 1. The highest BCUT2D eigenvalue weighted by Crippen LogP contribution is 2.28. The third-order valence-electron chi connectivity index (χ3n) is 4.90. The number of aliphatic imine (C=N–C) groups is 2. The second-order valence-corrected chi connectivity index (χ2v) is 6.87. The summed E-state index contributed by atoms with van der Waals surface area (Å²) in [7, 11) is 1.94. The highest BCUT2D eigenvalue weighted by atomic mass is 15.3. The second kappa shape index (κ2) is 11.2. The maximum atomic E-state index is 6.49. The van der Waals surface area contributed by atoms with E-state index < -0.39 is 0 Å². The fourth-order valence-corrected chi connectivity index (χ4v) is 3.41. The van der Waals surface area contributed by atoms with Gasteiger partial charge in [-0.25, -0.2) is 0 Å². The van der Waals surface area contributed by atoms with Crippen LogP contribution in [0.15, 0.2) is 22.8 Å². The molecule has 0 heterocycles. The molecule has 0 aromatic rings. The number of nitrogens with two attached hydrogens (primary N) is 1. The summed E-state index contributed by atoms with van der Waals surface area (Å²) in [4.78, 5) is 11.2. The Hall–Kier alpha value is -1.36. The van der Waals surface area contributed by atoms with Crippen LogP contribution in [0.25, 0.3) is 0 Å². The van der Waals surface area contributed by atoms with Crippen LogP contribution in [0.2, 0.25) is 0 Å². The van der Waals surface area contributed by atoms with E-state index in [4.69, 9.17) is 10.7 Å². The van der Waals surface area contributed by atoms with E-state index in [1.54, 1.807) is 12.4 Å². The minimum Gasteiger partial charge on any atom is -0.343 e. The molecular weight excluding hydrogens is 298 g/mol. The molecule has 1 rings (SSSR count). The van der Waals surface area contributed by atoms with Crippen molar-refractivity contribution in [2.45, 2.75) is 84.1 Å². The molecule has 0 amide bonds. The van der Waals surface area contributed by atoms with Crippen LogP contribution in [-0.4, -0.2) is 42.4 Å². The Morgan fingerprint density at radius 3 is 2.58 bits per heavy atom. The Morgan fingerprint density at radius 1 is 1.38 bits per heavy atom.